The predicted octanol–water partition coefficient (Wildman–Crippen LogP) is 5.10. The first-order valence-corrected chi connectivity index (χ1v) is 11.4. The number of carbonyl (C=O) groups is 1. The molecule has 1 aromatic rings. The molecule has 0 amide bonds. The standard InChI is InChI=1S/C25H37NO4/c1-17(2)30-22-16-20(15-21(27)23(22)19-9-6-8-18(3)14-19)25(10-7-11-25)24(28)29-13-5-4-12-26/h8,15-17,19,27H,4-7,9-14,26H2,1-3H3. The minimum atomic E-state index is -0.670. The highest BCUT2D eigenvalue weighted by molar-refractivity contribution is 5.85. The molecule has 1 saturated carbocycles. The molecule has 5 nitrogen and oxygen atoms in total. The van der Waals surface area contributed by atoms with Crippen LogP contribution in [0.1, 0.15) is 89.2 Å². The van der Waals surface area contributed by atoms with Gasteiger partial charge >= 0.3 is 5.97 Å². The Morgan fingerprint density at radius 2 is 2.07 bits per heavy atom. The molecule has 30 heavy (non-hydrogen) atoms. The fraction of sp³-hybridized carbons (Fsp3) is 0.640. The molecule has 0 radical (unpaired) electrons. The van der Waals surface area contributed by atoms with Gasteiger partial charge in [0.1, 0.15) is 11.5 Å². The lowest BCUT2D eigenvalue weighted by Crippen LogP contribution is -2.44. The van der Waals surface area contributed by atoms with E-state index in [-0.39, 0.29) is 23.7 Å². The van der Waals surface area contributed by atoms with Crippen molar-refractivity contribution >= 4 is 5.97 Å². The zero-order valence-electron chi connectivity index (χ0n) is 18.7. The van der Waals surface area contributed by atoms with Gasteiger partial charge in [0.25, 0.3) is 0 Å². The maximum atomic E-state index is 13.0. The Balaban J connectivity index is 1.92. The van der Waals surface area contributed by atoms with Crippen LogP contribution in [0.15, 0.2) is 23.8 Å². The van der Waals surface area contributed by atoms with Crippen LogP contribution >= 0.6 is 0 Å². The molecule has 0 spiro atoms. The van der Waals surface area contributed by atoms with Crippen molar-refractivity contribution in [3.05, 3.63) is 34.9 Å². The molecule has 166 valence electrons. The number of allylic oxidation sites excluding steroid dienone is 2. The lowest BCUT2D eigenvalue weighted by Gasteiger charge is -2.40. The average molecular weight is 416 g/mol. The maximum Gasteiger partial charge on any atom is 0.316 e. The van der Waals surface area contributed by atoms with Gasteiger partial charge in [0.2, 0.25) is 0 Å². The minimum Gasteiger partial charge on any atom is -0.508 e. The lowest BCUT2D eigenvalue weighted by atomic mass is 9.64. The van der Waals surface area contributed by atoms with Gasteiger partial charge in [-0.3, -0.25) is 4.79 Å². The predicted molar refractivity (Wildman–Crippen MR) is 119 cm³/mol. The highest BCUT2D eigenvalue weighted by Crippen LogP contribution is 2.50. The van der Waals surface area contributed by atoms with Crippen LogP contribution in [0.2, 0.25) is 0 Å². The molecule has 5 heteroatoms. The molecule has 0 bridgehead atoms. The second-order valence-corrected chi connectivity index (χ2v) is 9.17. The fourth-order valence-electron chi connectivity index (χ4n) is 4.69. The van der Waals surface area contributed by atoms with Crippen LogP contribution in [0.25, 0.3) is 0 Å². The molecule has 2 aliphatic rings. The van der Waals surface area contributed by atoms with Crippen LogP contribution in [0.4, 0.5) is 0 Å². The zero-order chi connectivity index (χ0) is 21.7. The van der Waals surface area contributed by atoms with Gasteiger partial charge in [0.05, 0.1) is 18.1 Å². The molecule has 2 aliphatic carbocycles. The normalized spacial score (nSPS) is 20.4. The van der Waals surface area contributed by atoms with Crippen molar-refractivity contribution in [3.8, 4) is 11.5 Å². The summed E-state index contributed by atoms with van der Waals surface area (Å²) in [4.78, 5) is 13.0. The van der Waals surface area contributed by atoms with Gasteiger partial charge in [-0.15, -0.1) is 0 Å². The molecule has 1 atom stereocenters. The molecule has 0 aliphatic heterocycles. The van der Waals surface area contributed by atoms with Gasteiger partial charge in [-0.05, 0) is 95.9 Å². The Bertz CT molecular complexity index is 780. The highest BCUT2D eigenvalue weighted by atomic mass is 16.5. The van der Waals surface area contributed by atoms with Gasteiger partial charge in [0.15, 0.2) is 0 Å². The molecule has 1 aromatic carbocycles. The smallest absolute Gasteiger partial charge is 0.316 e. The number of ether oxygens (including phenoxy) is 2. The fourth-order valence-corrected chi connectivity index (χ4v) is 4.69. The summed E-state index contributed by atoms with van der Waals surface area (Å²) < 4.78 is 11.8. The van der Waals surface area contributed by atoms with E-state index in [0.717, 1.165) is 62.5 Å². The molecule has 3 rings (SSSR count). The largest absolute Gasteiger partial charge is 0.508 e. The summed E-state index contributed by atoms with van der Waals surface area (Å²) in [5, 5.41) is 11.1. The van der Waals surface area contributed by atoms with Crippen LogP contribution < -0.4 is 10.5 Å². The summed E-state index contributed by atoms with van der Waals surface area (Å²) in [6.07, 6.45) is 9.28. The Kier molecular flexibility index (Phi) is 7.45. The van der Waals surface area contributed by atoms with Crippen molar-refractivity contribution in [2.24, 2.45) is 5.73 Å². The van der Waals surface area contributed by atoms with Gasteiger partial charge < -0.3 is 20.3 Å². The SMILES string of the molecule is CC1=CCCC(c2c(O)cc(C3(C(=O)OCCCCN)CCC3)cc2OC(C)C)C1. The number of unbranched alkanes of at least 4 members (excludes halogenated alkanes) is 1. The van der Waals surface area contributed by atoms with Gasteiger partial charge in [-0.25, -0.2) is 0 Å². The number of hydrogen-bond acceptors (Lipinski definition) is 5. The molecule has 1 unspecified atom stereocenters. The van der Waals surface area contributed by atoms with E-state index in [9.17, 15) is 9.90 Å². The third kappa shape index (κ3) is 4.83. The number of aromatic hydroxyl groups is 1. The van der Waals surface area contributed by atoms with Gasteiger partial charge in [-0.2, -0.15) is 0 Å². The molecule has 0 aromatic heterocycles. The Morgan fingerprint density at radius 3 is 2.67 bits per heavy atom. The zero-order valence-corrected chi connectivity index (χ0v) is 18.7. The number of hydrogen-bond donors (Lipinski definition) is 2. The number of rotatable bonds is 9. The van der Waals surface area contributed by atoms with Crippen LogP contribution in [0.5, 0.6) is 11.5 Å². The maximum absolute atomic E-state index is 13.0. The Labute approximate surface area is 180 Å². The van der Waals surface area contributed by atoms with Crippen molar-refractivity contribution in [2.45, 2.75) is 89.6 Å². The second-order valence-electron chi connectivity index (χ2n) is 9.17. The lowest BCUT2D eigenvalue weighted by molar-refractivity contribution is -0.154. The first-order valence-electron chi connectivity index (χ1n) is 11.4. The third-order valence-corrected chi connectivity index (χ3v) is 6.45. The molecule has 0 saturated heterocycles. The Morgan fingerprint density at radius 1 is 1.30 bits per heavy atom. The topological polar surface area (TPSA) is 81.8 Å². The van der Waals surface area contributed by atoms with Crippen LogP contribution in [0, 0.1) is 0 Å². The number of phenolic OH excluding ortho intramolecular Hbond substituents is 1. The van der Waals surface area contributed by atoms with Crippen LogP contribution in [0.3, 0.4) is 0 Å². The van der Waals surface area contributed by atoms with E-state index in [1.807, 2.05) is 19.9 Å². The van der Waals surface area contributed by atoms with Gasteiger partial charge in [-0.1, -0.05) is 18.1 Å². The summed E-state index contributed by atoms with van der Waals surface area (Å²) in [5.74, 6) is 0.996. The monoisotopic (exact) mass is 415 g/mol. The summed E-state index contributed by atoms with van der Waals surface area (Å²) in [5.41, 5.74) is 7.91. The molecule has 3 N–H and O–H groups in total. The number of phenols is 1. The molecular formula is C25H37NO4. The van der Waals surface area contributed by atoms with Crippen molar-refractivity contribution in [3.63, 3.8) is 0 Å². The van der Waals surface area contributed by atoms with E-state index < -0.39 is 5.41 Å². The minimum absolute atomic E-state index is 0.0146. The van der Waals surface area contributed by atoms with E-state index in [1.165, 1.54) is 5.57 Å². The first-order chi connectivity index (χ1) is 14.4. The summed E-state index contributed by atoms with van der Waals surface area (Å²) in [6.45, 7) is 7.12. The van der Waals surface area contributed by atoms with E-state index >= 15 is 0 Å². The average Bonchev–Trinajstić information content (AvgIpc) is 2.63. The van der Waals surface area contributed by atoms with Crippen molar-refractivity contribution in [1.82, 2.24) is 0 Å². The van der Waals surface area contributed by atoms with E-state index in [4.69, 9.17) is 15.2 Å². The number of nitrogens with two attached hydrogens (primary N) is 1. The summed E-state index contributed by atoms with van der Waals surface area (Å²) in [6, 6.07) is 3.78. The summed E-state index contributed by atoms with van der Waals surface area (Å²) >= 11 is 0. The molecular weight excluding hydrogens is 378 g/mol. The molecule has 0 heterocycles. The number of esters is 1. The third-order valence-electron chi connectivity index (χ3n) is 6.45. The van der Waals surface area contributed by atoms with E-state index in [1.54, 1.807) is 6.07 Å². The first kappa shape index (κ1) is 22.7. The van der Waals surface area contributed by atoms with Crippen molar-refractivity contribution < 1.29 is 19.4 Å². The number of carbonyl (C=O) groups excluding carboxylic acids is 1. The van der Waals surface area contributed by atoms with Crippen LogP contribution in [-0.4, -0.2) is 30.3 Å². The van der Waals surface area contributed by atoms with Crippen molar-refractivity contribution in [1.29, 1.82) is 0 Å². The Hall–Kier alpha value is -2.01. The quantitative estimate of drug-likeness (QED) is 0.333. The van der Waals surface area contributed by atoms with E-state index in [2.05, 4.69) is 13.0 Å². The van der Waals surface area contributed by atoms with Crippen LogP contribution in [-0.2, 0) is 14.9 Å². The highest BCUT2D eigenvalue weighted by Gasteiger charge is 2.48. The molecule has 1 fully saturated rings. The van der Waals surface area contributed by atoms with Gasteiger partial charge in [0, 0.05) is 5.56 Å². The summed E-state index contributed by atoms with van der Waals surface area (Å²) in [7, 11) is 0. The second kappa shape index (κ2) is 9.86. The van der Waals surface area contributed by atoms with Crippen molar-refractivity contribution in [2.75, 3.05) is 13.2 Å². The number of benzene rings is 1. The van der Waals surface area contributed by atoms with E-state index in [0.29, 0.717) is 18.9 Å².